The van der Waals surface area contributed by atoms with Gasteiger partial charge in [-0.15, -0.1) is 0 Å². The standard InChI is InChI=1S/C25H24N6O3/c1-2-14-30-25(34)19-11-7-6-10-18(19)22(29-30)24(33)27-26-23(32)21-15-20(16-12-13-16)28-31(21)17-8-4-3-5-9-17/h3-11,15-16H,2,12-14H2,1H3,(H,26,32)(H,27,33). The summed E-state index contributed by atoms with van der Waals surface area (Å²) >= 11 is 0. The molecule has 9 heteroatoms. The van der Waals surface area contributed by atoms with Crippen molar-refractivity contribution in [2.24, 2.45) is 0 Å². The van der Waals surface area contributed by atoms with Crippen LogP contribution in [0.2, 0.25) is 0 Å². The third kappa shape index (κ3) is 4.07. The van der Waals surface area contributed by atoms with Crippen molar-refractivity contribution in [1.29, 1.82) is 0 Å². The van der Waals surface area contributed by atoms with Crippen molar-refractivity contribution < 1.29 is 9.59 Å². The predicted octanol–water partition coefficient (Wildman–Crippen LogP) is 2.94. The Morgan fingerprint density at radius 2 is 1.62 bits per heavy atom. The minimum Gasteiger partial charge on any atom is -0.267 e. The first-order valence-electron chi connectivity index (χ1n) is 11.3. The van der Waals surface area contributed by atoms with Gasteiger partial charge in [-0.1, -0.05) is 43.3 Å². The fraction of sp³-hybridized carbons (Fsp3) is 0.240. The largest absolute Gasteiger partial charge is 0.290 e. The molecule has 0 radical (unpaired) electrons. The molecule has 34 heavy (non-hydrogen) atoms. The van der Waals surface area contributed by atoms with Crippen LogP contribution in [0.3, 0.4) is 0 Å². The van der Waals surface area contributed by atoms with Crippen LogP contribution in [0.25, 0.3) is 16.5 Å². The van der Waals surface area contributed by atoms with Crippen molar-refractivity contribution >= 4 is 22.6 Å². The average molecular weight is 457 g/mol. The van der Waals surface area contributed by atoms with Crippen LogP contribution in [0.1, 0.15) is 58.8 Å². The molecule has 2 aromatic heterocycles. The van der Waals surface area contributed by atoms with Crippen molar-refractivity contribution in [2.45, 2.75) is 38.6 Å². The van der Waals surface area contributed by atoms with E-state index >= 15 is 0 Å². The number of hydrazine groups is 1. The summed E-state index contributed by atoms with van der Waals surface area (Å²) in [7, 11) is 0. The molecular formula is C25H24N6O3. The Hall–Kier alpha value is -4.27. The van der Waals surface area contributed by atoms with Crippen molar-refractivity contribution in [3.8, 4) is 5.69 Å². The van der Waals surface area contributed by atoms with Gasteiger partial charge in [-0.3, -0.25) is 25.2 Å². The van der Waals surface area contributed by atoms with Crippen LogP contribution in [-0.4, -0.2) is 31.4 Å². The second kappa shape index (κ2) is 8.93. The topological polar surface area (TPSA) is 111 Å². The molecule has 1 aliphatic rings. The van der Waals surface area contributed by atoms with Crippen molar-refractivity contribution in [2.75, 3.05) is 0 Å². The van der Waals surface area contributed by atoms with Crippen molar-refractivity contribution in [3.05, 3.63) is 88.1 Å². The summed E-state index contributed by atoms with van der Waals surface area (Å²) in [6, 6.07) is 18.0. The summed E-state index contributed by atoms with van der Waals surface area (Å²) in [5, 5.41) is 9.72. The summed E-state index contributed by atoms with van der Waals surface area (Å²) in [4.78, 5) is 38.7. The third-order valence-electron chi connectivity index (χ3n) is 5.77. The third-order valence-corrected chi connectivity index (χ3v) is 5.77. The minimum absolute atomic E-state index is 0.0687. The summed E-state index contributed by atoms with van der Waals surface area (Å²) in [5.41, 5.74) is 6.69. The normalized spacial score (nSPS) is 13.1. The number of rotatable bonds is 6. The van der Waals surface area contributed by atoms with E-state index in [1.807, 2.05) is 37.3 Å². The number of nitrogens with zero attached hydrogens (tertiary/aromatic N) is 4. The van der Waals surface area contributed by atoms with E-state index in [2.05, 4.69) is 21.0 Å². The number of carbonyl (C=O) groups excluding carboxylic acids is 2. The zero-order chi connectivity index (χ0) is 23.7. The first-order valence-corrected chi connectivity index (χ1v) is 11.3. The molecule has 2 aromatic carbocycles. The van der Waals surface area contributed by atoms with Gasteiger partial charge in [0.05, 0.1) is 16.8 Å². The van der Waals surface area contributed by atoms with Gasteiger partial charge in [0.15, 0.2) is 5.69 Å². The van der Waals surface area contributed by atoms with E-state index in [-0.39, 0.29) is 11.3 Å². The molecule has 2 amide bonds. The summed E-state index contributed by atoms with van der Waals surface area (Å²) in [5.74, 6) is -0.744. The van der Waals surface area contributed by atoms with Gasteiger partial charge in [0.2, 0.25) is 0 Å². The van der Waals surface area contributed by atoms with Gasteiger partial charge in [0, 0.05) is 17.8 Å². The average Bonchev–Trinajstić information content (AvgIpc) is 3.62. The second-order valence-corrected chi connectivity index (χ2v) is 8.31. The highest BCUT2D eigenvalue weighted by atomic mass is 16.2. The molecule has 2 N–H and O–H groups in total. The number of hydrogen-bond donors (Lipinski definition) is 2. The fourth-order valence-electron chi connectivity index (χ4n) is 3.91. The molecule has 0 spiro atoms. The summed E-state index contributed by atoms with van der Waals surface area (Å²) in [6.45, 7) is 2.31. The van der Waals surface area contributed by atoms with E-state index in [4.69, 9.17) is 0 Å². The van der Waals surface area contributed by atoms with Crippen molar-refractivity contribution in [3.63, 3.8) is 0 Å². The first kappa shape index (κ1) is 21.6. The number of hydrogen-bond acceptors (Lipinski definition) is 5. The Balaban J connectivity index is 1.42. The monoisotopic (exact) mass is 456 g/mol. The maximum atomic E-state index is 13.1. The molecule has 0 atom stereocenters. The molecule has 2 heterocycles. The molecular weight excluding hydrogens is 432 g/mol. The number of carbonyl (C=O) groups is 2. The van der Waals surface area contributed by atoms with Crippen LogP contribution in [0.4, 0.5) is 0 Å². The Labute approximate surface area is 195 Å². The van der Waals surface area contributed by atoms with Crippen LogP contribution in [0, 0.1) is 0 Å². The van der Waals surface area contributed by atoms with Gasteiger partial charge < -0.3 is 0 Å². The Bertz CT molecular complexity index is 1440. The molecule has 9 nitrogen and oxygen atoms in total. The van der Waals surface area contributed by atoms with Crippen LogP contribution < -0.4 is 16.4 Å². The number of nitrogens with one attached hydrogen (secondary N) is 2. The highest BCUT2D eigenvalue weighted by molar-refractivity contribution is 6.05. The van der Waals surface area contributed by atoms with Crippen LogP contribution in [0.5, 0.6) is 0 Å². The number of aryl methyl sites for hydroxylation is 1. The summed E-state index contributed by atoms with van der Waals surface area (Å²) < 4.78 is 2.87. The number of fused-ring (bicyclic) bond motifs is 1. The Kier molecular flexibility index (Phi) is 5.67. The predicted molar refractivity (Wildman–Crippen MR) is 127 cm³/mol. The molecule has 0 bridgehead atoms. The van der Waals surface area contributed by atoms with Gasteiger partial charge in [-0.05, 0) is 43.5 Å². The lowest BCUT2D eigenvalue weighted by atomic mass is 10.1. The lowest BCUT2D eigenvalue weighted by Gasteiger charge is -2.12. The lowest BCUT2D eigenvalue weighted by molar-refractivity contribution is 0.0839. The molecule has 4 aromatic rings. The van der Waals surface area contributed by atoms with E-state index in [1.54, 1.807) is 35.0 Å². The maximum absolute atomic E-state index is 13.1. The first-order chi connectivity index (χ1) is 16.6. The molecule has 0 unspecified atom stereocenters. The maximum Gasteiger partial charge on any atom is 0.290 e. The number of benzene rings is 2. The number of amides is 2. The molecule has 5 rings (SSSR count). The van der Waals surface area contributed by atoms with E-state index in [0.29, 0.717) is 35.3 Å². The van der Waals surface area contributed by atoms with Gasteiger partial charge >= 0.3 is 0 Å². The smallest absolute Gasteiger partial charge is 0.267 e. The van der Waals surface area contributed by atoms with Gasteiger partial charge in [0.25, 0.3) is 17.4 Å². The van der Waals surface area contributed by atoms with Gasteiger partial charge in [-0.2, -0.15) is 10.2 Å². The Morgan fingerprint density at radius 3 is 2.32 bits per heavy atom. The highest BCUT2D eigenvalue weighted by Crippen LogP contribution is 2.39. The highest BCUT2D eigenvalue weighted by Gasteiger charge is 2.29. The Morgan fingerprint density at radius 1 is 0.941 bits per heavy atom. The SMILES string of the molecule is CCCn1nc(C(=O)NNC(=O)c2cc(C3CC3)nn2-c2ccccc2)c2ccccc2c1=O. The van der Waals surface area contributed by atoms with Gasteiger partial charge in [0.1, 0.15) is 5.69 Å². The number of aromatic nitrogens is 4. The molecule has 1 saturated carbocycles. The van der Waals surface area contributed by atoms with E-state index in [9.17, 15) is 14.4 Å². The van der Waals surface area contributed by atoms with Crippen LogP contribution in [-0.2, 0) is 6.54 Å². The lowest BCUT2D eigenvalue weighted by Crippen LogP contribution is -2.43. The molecule has 1 fully saturated rings. The van der Waals surface area contributed by atoms with Crippen LogP contribution >= 0.6 is 0 Å². The molecule has 0 saturated heterocycles. The number of para-hydroxylation sites is 1. The molecule has 172 valence electrons. The van der Waals surface area contributed by atoms with E-state index < -0.39 is 11.8 Å². The molecule has 1 aliphatic carbocycles. The molecule has 0 aliphatic heterocycles. The second-order valence-electron chi connectivity index (χ2n) is 8.31. The van der Waals surface area contributed by atoms with Crippen LogP contribution in [0.15, 0.2) is 65.5 Å². The zero-order valence-electron chi connectivity index (χ0n) is 18.7. The zero-order valence-corrected chi connectivity index (χ0v) is 18.7. The van der Waals surface area contributed by atoms with E-state index in [0.717, 1.165) is 24.2 Å². The minimum atomic E-state index is -0.609. The quantitative estimate of drug-likeness (QED) is 0.434. The van der Waals surface area contributed by atoms with E-state index in [1.165, 1.54) is 4.68 Å². The summed E-state index contributed by atoms with van der Waals surface area (Å²) in [6.07, 6.45) is 2.79. The van der Waals surface area contributed by atoms with Crippen molar-refractivity contribution in [1.82, 2.24) is 30.4 Å². The fourth-order valence-corrected chi connectivity index (χ4v) is 3.91. The van der Waals surface area contributed by atoms with Gasteiger partial charge in [-0.25, -0.2) is 9.36 Å².